The Morgan fingerprint density at radius 2 is 0.900 bits per heavy atom. The number of nitrogens with two attached hydrogens (primary N) is 1. The number of pyridine rings is 5. The first kappa shape index (κ1) is 29.9. The summed E-state index contributed by atoms with van der Waals surface area (Å²) in [6.45, 7) is 0.172. The smallest absolute Gasteiger partial charge is 0.498 e. The quantitative estimate of drug-likeness (QED) is 0.171. The van der Waals surface area contributed by atoms with Crippen molar-refractivity contribution in [3.05, 3.63) is 146 Å². The van der Waals surface area contributed by atoms with Gasteiger partial charge in [-0.05, 0) is 60.3 Å². The maximum atomic E-state index is 5.30. The fourth-order valence-electron chi connectivity index (χ4n) is 3.36. The van der Waals surface area contributed by atoms with E-state index in [1.165, 1.54) is 0 Å². The molecule has 8 heteroatoms. The maximum Gasteiger partial charge on any atom is 1.00 e. The van der Waals surface area contributed by atoms with Crippen molar-refractivity contribution in [1.82, 2.24) is 24.9 Å². The molecule has 0 aliphatic carbocycles. The van der Waals surface area contributed by atoms with Crippen LogP contribution in [0.2, 0.25) is 0 Å². The summed E-state index contributed by atoms with van der Waals surface area (Å²) < 4.78 is 5.20. The second kappa shape index (κ2) is 17.1. The molecular weight excluding hydrogens is 675 g/mol. The molecule has 0 unspecified atom stereocenters. The molecule has 0 atom stereocenters. The second-order valence-electron chi connectivity index (χ2n) is 7.82. The minimum absolute atomic E-state index is 0. The van der Waals surface area contributed by atoms with Crippen molar-refractivity contribution in [3.63, 3.8) is 0 Å². The zero-order valence-electron chi connectivity index (χ0n) is 21.6. The number of aromatic nitrogens is 5. The molecule has 0 bridgehead atoms. The summed E-state index contributed by atoms with van der Waals surface area (Å²) in [7, 11) is 0. The first-order chi connectivity index (χ1) is 19.3. The summed E-state index contributed by atoms with van der Waals surface area (Å²) in [6.07, 6.45) is 8.82. The predicted molar refractivity (Wildman–Crippen MR) is 153 cm³/mol. The van der Waals surface area contributed by atoms with Gasteiger partial charge in [-0.15, -0.1) is 29.8 Å². The van der Waals surface area contributed by atoms with Crippen LogP contribution in [-0.4, -0.2) is 31.7 Å². The molecule has 0 spiro atoms. The minimum atomic E-state index is 0. The normalized spacial score (nSPS) is 9.53. The third-order valence-electron chi connectivity index (χ3n) is 5.15. The van der Waals surface area contributed by atoms with E-state index < -0.39 is 0 Å². The SMILES string of the molecule is NCOc1cc[c-]c(-c2ccccn2)c1.[Os+].c1ccc(-c2ccccn2)nc1.c1ccc(-c2ccccn2)nc1. The Morgan fingerprint density at radius 1 is 0.525 bits per heavy atom. The summed E-state index contributed by atoms with van der Waals surface area (Å²) in [5, 5.41) is 0. The Bertz CT molecular complexity index is 1340. The second-order valence-corrected chi connectivity index (χ2v) is 7.82. The molecule has 0 fully saturated rings. The van der Waals surface area contributed by atoms with E-state index in [9.17, 15) is 0 Å². The van der Waals surface area contributed by atoms with E-state index in [0.29, 0.717) is 0 Å². The van der Waals surface area contributed by atoms with E-state index in [0.717, 1.165) is 39.8 Å². The van der Waals surface area contributed by atoms with E-state index in [2.05, 4.69) is 31.0 Å². The van der Waals surface area contributed by atoms with Crippen molar-refractivity contribution in [2.75, 3.05) is 6.73 Å². The number of ether oxygens (including phenoxy) is 1. The summed E-state index contributed by atoms with van der Waals surface area (Å²) in [6, 6.07) is 37.5. The molecule has 1 radical (unpaired) electrons. The summed E-state index contributed by atoms with van der Waals surface area (Å²) in [5.74, 6) is 0.733. The van der Waals surface area contributed by atoms with Gasteiger partial charge in [0.25, 0.3) is 0 Å². The van der Waals surface area contributed by atoms with Crippen LogP contribution in [0.5, 0.6) is 5.75 Å². The number of benzene rings is 1. The summed E-state index contributed by atoms with van der Waals surface area (Å²) in [4.78, 5) is 21.0. The molecule has 0 amide bonds. The van der Waals surface area contributed by atoms with Crippen molar-refractivity contribution >= 4 is 0 Å². The first-order valence-corrected chi connectivity index (χ1v) is 12.2. The topological polar surface area (TPSA) is 99.7 Å². The maximum absolute atomic E-state index is 5.30. The van der Waals surface area contributed by atoms with E-state index in [1.807, 2.05) is 103 Å². The Kier molecular flexibility index (Phi) is 12.8. The number of hydrogen-bond donors (Lipinski definition) is 1. The molecule has 0 saturated heterocycles. The van der Waals surface area contributed by atoms with Gasteiger partial charge >= 0.3 is 19.8 Å². The molecule has 6 rings (SSSR count). The van der Waals surface area contributed by atoms with Gasteiger partial charge in [-0.1, -0.05) is 36.4 Å². The van der Waals surface area contributed by atoms with Crippen molar-refractivity contribution < 1.29 is 24.5 Å². The van der Waals surface area contributed by atoms with E-state index in [4.69, 9.17) is 10.5 Å². The van der Waals surface area contributed by atoms with Gasteiger partial charge in [-0.2, -0.15) is 0 Å². The van der Waals surface area contributed by atoms with Crippen LogP contribution < -0.4 is 10.5 Å². The van der Waals surface area contributed by atoms with Crippen molar-refractivity contribution in [1.29, 1.82) is 0 Å². The molecule has 0 saturated carbocycles. The van der Waals surface area contributed by atoms with Gasteiger partial charge in [-0.25, -0.2) is 0 Å². The predicted octanol–water partition coefficient (Wildman–Crippen LogP) is 6.13. The zero-order valence-corrected chi connectivity index (χ0v) is 24.1. The fraction of sp³-hybridized carbons (Fsp3) is 0.0312. The number of nitrogens with zero attached hydrogens (tertiary/aromatic N) is 5. The molecule has 0 aliphatic rings. The summed E-state index contributed by atoms with van der Waals surface area (Å²) >= 11 is 0. The standard InChI is InChI=1S/C12H11N2O.2C10H8N2.Os/c13-9-15-11-5-3-4-10(8-11)12-6-1-2-7-14-12;2*1-3-7-11-9(5-1)10-6-2-4-8-12-10;/h1-3,5-8H,9,13H2;2*1-8H;/q-1;;;+1. The Labute approximate surface area is 247 Å². The van der Waals surface area contributed by atoms with Gasteiger partial charge in [0.1, 0.15) is 6.73 Å². The molecule has 1 aromatic carbocycles. The van der Waals surface area contributed by atoms with E-state index in [1.54, 1.807) is 37.1 Å². The van der Waals surface area contributed by atoms with Gasteiger partial charge in [0, 0.05) is 36.7 Å². The molecule has 0 aliphatic heterocycles. The van der Waals surface area contributed by atoms with Crippen LogP contribution in [0.1, 0.15) is 0 Å². The molecule has 5 aromatic heterocycles. The van der Waals surface area contributed by atoms with Crippen molar-refractivity contribution in [3.8, 4) is 39.8 Å². The van der Waals surface area contributed by atoms with Crippen LogP contribution in [-0.2, 0) is 19.8 Å². The molecule has 6 aromatic rings. The van der Waals surface area contributed by atoms with Gasteiger partial charge in [-0.3, -0.25) is 25.7 Å². The van der Waals surface area contributed by atoms with Crippen LogP contribution in [0.25, 0.3) is 34.0 Å². The largest absolute Gasteiger partial charge is 1.00 e. The van der Waals surface area contributed by atoms with Crippen molar-refractivity contribution in [2.24, 2.45) is 5.73 Å². The molecule has 199 valence electrons. The third-order valence-corrected chi connectivity index (χ3v) is 5.15. The van der Waals surface area contributed by atoms with Crippen LogP contribution >= 0.6 is 0 Å². The van der Waals surface area contributed by atoms with Gasteiger partial charge in [0.15, 0.2) is 0 Å². The molecular formula is C32H27N6OOs. The zero-order chi connectivity index (χ0) is 27.0. The Balaban J connectivity index is 0.000000165. The van der Waals surface area contributed by atoms with E-state index >= 15 is 0 Å². The monoisotopic (exact) mass is 703 g/mol. The third kappa shape index (κ3) is 9.59. The van der Waals surface area contributed by atoms with Crippen LogP contribution in [0.4, 0.5) is 0 Å². The fourth-order valence-corrected chi connectivity index (χ4v) is 3.36. The van der Waals surface area contributed by atoms with Crippen molar-refractivity contribution in [2.45, 2.75) is 0 Å². The first-order valence-electron chi connectivity index (χ1n) is 12.2. The van der Waals surface area contributed by atoms with E-state index in [-0.39, 0.29) is 26.5 Å². The van der Waals surface area contributed by atoms with Gasteiger partial charge < -0.3 is 9.72 Å². The van der Waals surface area contributed by atoms with Crippen LogP contribution in [0.15, 0.2) is 140 Å². The average Bonchev–Trinajstić information content (AvgIpc) is 3.04. The molecule has 40 heavy (non-hydrogen) atoms. The molecule has 7 nitrogen and oxygen atoms in total. The van der Waals surface area contributed by atoms with Crippen LogP contribution in [0.3, 0.4) is 0 Å². The summed E-state index contributed by atoms with van der Waals surface area (Å²) in [5.41, 5.74) is 10.7. The van der Waals surface area contributed by atoms with Gasteiger partial charge in [0.2, 0.25) is 0 Å². The van der Waals surface area contributed by atoms with Crippen LogP contribution in [0, 0.1) is 6.07 Å². The Hall–Kier alpha value is -4.63. The number of rotatable bonds is 5. The molecule has 2 N–H and O–H groups in total. The average molecular weight is 702 g/mol. The molecule has 5 heterocycles. The van der Waals surface area contributed by atoms with Gasteiger partial charge in [0.05, 0.1) is 22.8 Å². The minimum Gasteiger partial charge on any atom is -0.498 e. The Morgan fingerprint density at radius 3 is 1.23 bits per heavy atom. The number of hydrogen-bond acceptors (Lipinski definition) is 7.